The molecule has 4 aromatic rings. The highest BCUT2D eigenvalue weighted by Gasteiger charge is 2.10. The van der Waals surface area contributed by atoms with Crippen molar-refractivity contribution in [2.24, 2.45) is 0 Å². The highest BCUT2D eigenvalue weighted by Crippen LogP contribution is 2.35. The molecule has 0 unspecified atom stereocenters. The fourth-order valence-electron chi connectivity index (χ4n) is 3.26. The minimum absolute atomic E-state index is 0.0255. The van der Waals surface area contributed by atoms with Crippen LogP contribution in [0.25, 0.3) is 32.3 Å². The van der Waals surface area contributed by atoms with Gasteiger partial charge in [0.25, 0.3) is 0 Å². The van der Waals surface area contributed by atoms with Crippen LogP contribution in [0.5, 0.6) is 5.75 Å². The fraction of sp³-hybridized carbons (Fsp3) is 0.100. The Kier molecular flexibility index (Phi) is 2.98. The quantitative estimate of drug-likeness (QED) is 0.544. The summed E-state index contributed by atoms with van der Waals surface area (Å²) in [6, 6.07) is 20.7. The van der Waals surface area contributed by atoms with Crippen LogP contribution in [0.3, 0.4) is 0 Å². The van der Waals surface area contributed by atoms with Gasteiger partial charge in [-0.2, -0.15) is 0 Å². The van der Waals surface area contributed by atoms with Crippen LogP contribution >= 0.6 is 0 Å². The first-order chi connectivity index (χ1) is 10.8. The number of benzene rings is 4. The Morgan fingerprint density at radius 1 is 0.818 bits per heavy atom. The summed E-state index contributed by atoms with van der Waals surface area (Å²) in [7, 11) is 1.67. The van der Waals surface area contributed by atoms with Crippen molar-refractivity contribution in [2.75, 3.05) is 7.11 Å². The zero-order chi connectivity index (χ0) is 15.1. The van der Waals surface area contributed by atoms with Crippen molar-refractivity contribution in [2.45, 2.75) is 6.61 Å². The average Bonchev–Trinajstić information content (AvgIpc) is 2.59. The average molecular weight is 288 g/mol. The molecule has 108 valence electrons. The highest BCUT2D eigenvalue weighted by molar-refractivity contribution is 6.18. The van der Waals surface area contributed by atoms with Crippen molar-refractivity contribution < 1.29 is 9.84 Å². The number of hydrogen-bond acceptors (Lipinski definition) is 2. The molecule has 0 aliphatic carbocycles. The van der Waals surface area contributed by atoms with Crippen LogP contribution < -0.4 is 4.74 Å². The maximum absolute atomic E-state index is 9.85. The summed E-state index contributed by atoms with van der Waals surface area (Å²) >= 11 is 0. The number of hydrogen-bond donors (Lipinski definition) is 1. The van der Waals surface area contributed by atoms with Crippen LogP contribution in [-0.2, 0) is 6.61 Å². The van der Waals surface area contributed by atoms with Gasteiger partial charge in [0.15, 0.2) is 0 Å². The van der Waals surface area contributed by atoms with Gasteiger partial charge < -0.3 is 9.84 Å². The van der Waals surface area contributed by atoms with Gasteiger partial charge in [0.2, 0.25) is 0 Å². The number of aliphatic hydroxyl groups excluding tert-OH is 1. The van der Waals surface area contributed by atoms with Crippen LogP contribution in [0, 0.1) is 0 Å². The molecule has 4 rings (SSSR count). The first-order valence-electron chi connectivity index (χ1n) is 7.34. The van der Waals surface area contributed by atoms with Crippen LogP contribution in [0.15, 0.2) is 60.7 Å². The summed E-state index contributed by atoms with van der Waals surface area (Å²) in [4.78, 5) is 0. The Labute approximate surface area is 128 Å². The Morgan fingerprint density at radius 3 is 2.45 bits per heavy atom. The summed E-state index contributed by atoms with van der Waals surface area (Å²) in [5, 5.41) is 16.8. The van der Waals surface area contributed by atoms with Crippen molar-refractivity contribution in [3.63, 3.8) is 0 Å². The van der Waals surface area contributed by atoms with Crippen molar-refractivity contribution >= 4 is 32.3 Å². The molecule has 0 aliphatic heterocycles. The second-order valence-electron chi connectivity index (χ2n) is 5.49. The van der Waals surface area contributed by atoms with Crippen molar-refractivity contribution in [3.8, 4) is 5.75 Å². The van der Waals surface area contributed by atoms with E-state index in [4.69, 9.17) is 4.74 Å². The summed E-state index contributed by atoms with van der Waals surface area (Å²) in [5.41, 5.74) is 0.951. The molecular formula is C20H16O2. The van der Waals surface area contributed by atoms with Crippen LogP contribution in [0.4, 0.5) is 0 Å². The molecule has 2 heteroatoms. The van der Waals surface area contributed by atoms with E-state index >= 15 is 0 Å². The van der Waals surface area contributed by atoms with E-state index in [1.54, 1.807) is 7.11 Å². The summed E-state index contributed by atoms with van der Waals surface area (Å²) in [6.45, 7) is 0.0255. The smallest absolute Gasteiger partial charge is 0.119 e. The van der Waals surface area contributed by atoms with Gasteiger partial charge in [-0.25, -0.2) is 0 Å². The van der Waals surface area contributed by atoms with Gasteiger partial charge in [-0.3, -0.25) is 0 Å². The lowest BCUT2D eigenvalue weighted by Crippen LogP contribution is -1.90. The lowest BCUT2D eigenvalue weighted by atomic mass is 9.93. The summed E-state index contributed by atoms with van der Waals surface area (Å²) < 4.78 is 5.32. The maximum atomic E-state index is 9.85. The van der Waals surface area contributed by atoms with Gasteiger partial charge in [-0.1, -0.05) is 42.5 Å². The first kappa shape index (κ1) is 13.1. The zero-order valence-corrected chi connectivity index (χ0v) is 12.3. The lowest BCUT2D eigenvalue weighted by Gasteiger charge is -2.12. The van der Waals surface area contributed by atoms with Crippen molar-refractivity contribution in [1.29, 1.82) is 0 Å². The number of ether oxygens (including phenoxy) is 1. The molecule has 0 spiro atoms. The maximum Gasteiger partial charge on any atom is 0.119 e. The van der Waals surface area contributed by atoms with Gasteiger partial charge in [-0.15, -0.1) is 0 Å². The molecule has 0 aliphatic rings. The predicted octanol–water partition coefficient (Wildman–Crippen LogP) is 4.65. The first-order valence-corrected chi connectivity index (χ1v) is 7.34. The largest absolute Gasteiger partial charge is 0.497 e. The Morgan fingerprint density at radius 2 is 1.64 bits per heavy atom. The Hall–Kier alpha value is -2.58. The third-order valence-corrected chi connectivity index (χ3v) is 4.30. The molecule has 0 aromatic heterocycles. The van der Waals surface area contributed by atoms with E-state index < -0.39 is 0 Å². The number of aliphatic hydroxyl groups is 1. The molecule has 2 nitrogen and oxygen atoms in total. The summed E-state index contributed by atoms with van der Waals surface area (Å²) in [5.74, 6) is 0.830. The van der Waals surface area contributed by atoms with Gasteiger partial charge >= 0.3 is 0 Å². The summed E-state index contributed by atoms with van der Waals surface area (Å²) in [6.07, 6.45) is 0. The van der Waals surface area contributed by atoms with Crippen molar-refractivity contribution in [3.05, 3.63) is 66.2 Å². The van der Waals surface area contributed by atoms with Gasteiger partial charge in [0, 0.05) is 0 Å². The third-order valence-electron chi connectivity index (χ3n) is 4.30. The number of rotatable bonds is 2. The molecule has 4 aromatic carbocycles. The molecule has 0 atom stereocenters. The van der Waals surface area contributed by atoms with E-state index in [0.717, 1.165) is 22.1 Å². The number of fused-ring (bicyclic) bond motifs is 5. The Bertz CT molecular complexity index is 1000. The lowest BCUT2D eigenvalue weighted by molar-refractivity contribution is 0.283. The van der Waals surface area contributed by atoms with Crippen LogP contribution in [0.1, 0.15) is 5.56 Å². The molecule has 0 fully saturated rings. The van der Waals surface area contributed by atoms with E-state index in [9.17, 15) is 5.11 Å². The van der Waals surface area contributed by atoms with E-state index in [2.05, 4.69) is 36.4 Å². The van der Waals surface area contributed by atoms with E-state index in [0.29, 0.717) is 0 Å². The van der Waals surface area contributed by atoms with Crippen molar-refractivity contribution in [1.82, 2.24) is 0 Å². The van der Waals surface area contributed by atoms with Crippen LogP contribution in [0.2, 0.25) is 0 Å². The number of methoxy groups -OCH3 is 1. The fourth-order valence-corrected chi connectivity index (χ4v) is 3.26. The highest BCUT2D eigenvalue weighted by atomic mass is 16.5. The zero-order valence-electron chi connectivity index (χ0n) is 12.3. The van der Waals surface area contributed by atoms with E-state index in [1.807, 2.05) is 24.3 Å². The molecule has 22 heavy (non-hydrogen) atoms. The minimum Gasteiger partial charge on any atom is -0.497 e. The molecule has 0 radical (unpaired) electrons. The van der Waals surface area contributed by atoms with E-state index in [1.165, 1.54) is 21.5 Å². The molecule has 1 N–H and O–H groups in total. The molecular weight excluding hydrogens is 272 g/mol. The topological polar surface area (TPSA) is 29.5 Å². The molecule has 0 saturated carbocycles. The minimum atomic E-state index is 0.0255. The molecule has 0 heterocycles. The third kappa shape index (κ3) is 1.85. The Balaban J connectivity index is 2.23. The van der Waals surface area contributed by atoms with Gasteiger partial charge in [-0.05, 0) is 56.1 Å². The monoisotopic (exact) mass is 288 g/mol. The normalized spacial score (nSPS) is 11.4. The SMILES string of the molecule is COc1ccc2c(c1)cc(CO)c1c3ccccc3ccc21. The molecule has 0 bridgehead atoms. The predicted molar refractivity (Wildman–Crippen MR) is 91.4 cm³/mol. The standard InChI is InChI=1S/C20H16O2/c1-22-16-7-9-17-14(11-16)10-15(12-21)20-18-5-3-2-4-13(18)6-8-19(17)20/h2-11,21H,12H2,1H3. The van der Waals surface area contributed by atoms with Crippen LogP contribution in [-0.4, -0.2) is 12.2 Å². The second kappa shape index (κ2) is 5.00. The van der Waals surface area contributed by atoms with Gasteiger partial charge in [0.1, 0.15) is 5.75 Å². The molecule has 0 saturated heterocycles. The second-order valence-corrected chi connectivity index (χ2v) is 5.49. The molecule has 0 amide bonds. The van der Waals surface area contributed by atoms with E-state index in [-0.39, 0.29) is 6.61 Å². The van der Waals surface area contributed by atoms with Gasteiger partial charge in [0.05, 0.1) is 13.7 Å².